The summed E-state index contributed by atoms with van der Waals surface area (Å²) in [5.74, 6) is -2.12. The molecule has 6 atom stereocenters. The molecule has 1 aromatic carbocycles. The number of halogens is 1. The van der Waals surface area contributed by atoms with Crippen LogP contribution in [0, 0.1) is 34.9 Å². The summed E-state index contributed by atoms with van der Waals surface area (Å²) in [5, 5.41) is 8.69. The number of fused-ring (bicyclic) bond motifs is 2. The fraction of sp³-hybridized carbons (Fsp3) is 0.552. The number of likely N-dealkylation sites (tertiary alicyclic amines) is 1. The smallest absolute Gasteiger partial charge is 0.268 e. The molecule has 2 aromatic rings. The summed E-state index contributed by atoms with van der Waals surface area (Å²) in [6.45, 7) is 5.08. The largest absolute Gasteiger partial charge is 0.356 e. The van der Waals surface area contributed by atoms with Gasteiger partial charge in [0.15, 0.2) is 0 Å². The highest BCUT2D eigenvalue weighted by atomic mass is 19.1. The Kier molecular flexibility index (Phi) is 6.42. The summed E-state index contributed by atoms with van der Waals surface area (Å²) in [6, 6.07) is 3.55. The second-order valence-corrected chi connectivity index (χ2v) is 12.3. The highest BCUT2D eigenvalue weighted by molar-refractivity contribution is 6.01. The van der Waals surface area contributed by atoms with Crippen LogP contribution < -0.4 is 16.0 Å². The van der Waals surface area contributed by atoms with E-state index in [0.29, 0.717) is 36.7 Å². The van der Waals surface area contributed by atoms with Crippen LogP contribution in [0.4, 0.5) is 4.39 Å². The van der Waals surface area contributed by atoms with Crippen LogP contribution in [0.5, 0.6) is 0 Å². The molecule has 6 rings (SSSR count). The van der Waals surface area contributed by atoms with Crippen molar-refractivity contribution in [2.24, 2.45) is 29.1 Å². The lowest BCUT2D eigenvalue weighted by atomic mass is 9.97. The van der Waals surface area contributed by atoms with Crippen LogP contribution in [0.3, 0.4) is 0 Å². The molecule has 4 aliphatic rings. The van der Waals surface area contributed by atoms with Crippen molar-refractivity contribution in [2.75, 3.05) is 13.1 Å². The predicted molar refractivity (Wildman–Crippen MR) is 142 cm³/mol. The summed E-state index contributed by atoms with van der Waals surface area (Å²) in [4.78, 5) is 69.0. The zero-order chi connectivity index (χ0) is 28.3. The van der Waals surface area contributed by atoms with Crippen molar-refractivity contribution in [3.8, 4) is 0 Å². The first-order valence-electron chi connectivity index (χ1n) is 14.0. The van der Waals surface area contributed by atoms with Crippen molar-refractivity contribution in [2.45, 2.75) is 57.7 Å². The topological polar surface area (TPSA) is 140 Å². The van der Waals surface area contributed by atoms with E-state index < -0.39 is 35.8 Å². The highest BCUT2D eigenvalue weighted by Crippen LogP contribution is 2.65. The van der Waals surface area contributed by atoms with Gasteiger partial charge in [-0.25, -0.2) is 4.39 Å². The van der Waals surface area contributed by atoms with Gasteiger partial charge in [0.05, 0.1) is 6.04 Å². The Balaban J connectivity index is 1.19. The first-order chi connectivity index (χ1) is 19.1. The molecule has 4 fully saturated rings. The first kappa shape index (κ1) is 26.5. The van der Waals surface area contributed by atoms with Crippen molar-refractivity contribution in [1.82, 2.24) is 25.8 Å². The highest BCUT2D eigenvalue weighted by Gasteiger charge is 2.69. The molecule has 0 radical (unpaired) electrons. The van der Waals surface area contributed by atoms with Gasteiger partial charge >= 0.3 is 0 Å². The molecule has 0 spiro atoms. The van der Waals surface area contributed by atoms with Crippen molar-refractivity contribution >= 4 is 40.8 Å². The minimum Gasteiger partial charge on any atom is -0.356 e. The van der Waals surface area contributed by atoms with Gasteiger partial charge in [-0.1, -0.05) is 19.9 Å². The third-order valence-electron chi connectivity index (χ3n) is 9.46. The molecule has 11 heteroatoms. The number of carbonyl (C=O) groups is 5. The lowest BCUT2D eigenvalue weighted by molar-refractivity contribution is -0.142. The van der Waals surface area contributed by atoms with Gasteiger partial charge in [0.2, 0.25) is 17.7 Å². The van der Waals surface area contributed by atoms with E-state index in [1.807, 2.05) is 0 Å². The second-order valence-electron chi connectivity index (χ2n) is 12.3. The van der Waals surface area contributed by atoms with Crippen LogP contribution in [-0.4, -0.2) is 71.0 Å². The second kappa shape index (κ2) is 9.71. The van der Waals surface area contributed by atoms with Crippen LogP contribution in [0.15, 0.2) is 24.3 Å². The number of nitrogens with one attached hydrogen (secondary N) is 4. The predicted octanol–water partition coefficient (Wildman–Crippen LogP) is 1.51. The van der Waals surface area contributed by atoms with Gasteiger partial charge in [0.25, 0.3) is 5.91 Å². The van der Waals surface area contributed by atoms with Crippen molar-refractivity contribution in [1.29, 1.82) is 0 Å². The fourth-order valence-electron chi connectivity index (χ4n) is 6.86. The SMILES string of the molecule is CC1(C)[C@@H]2[C@@H](C(=O)N[C@H](C=O)C[C@@H]3CCNC3=O)N(C(=O)[C@@H](NC(=O)c3cc4c(F)cccc4[nH]3)C3CC3)C[C@@H]21. The number of hydrogen-bond acceptors (Lipinski definition) is 5. The number of H-pyrrole nitrogens is 1. The molecule has 212 valence electrons. The van der Waals surface area contributed by atoms with E-state index in [9.17, 15) is 28.4 Å². The van der Waals surface area contributed by atoms with Gasteiger partial charge in [-0.05, 0) is 67.1 Å². The Hall–Kier alpha value is -3.76. The van der Waals surface area contributed by atoms with Gasteiger partial charge in [-0.3, -0.25) is 19.2 Å². The standard InChI is InChI=1S/C29H34FN5O5/c1-29(2)18-12-35(24(22(18)29)27(39)32-16(13-36)10-15-8-9-31-25(15)37)28(40)23(14-6-7-14)34-26(38)21-11-17-19(30)4-3-5-20(17)33-21/h3-5,11,13-16,18,22-24,33H,6-10,12H2,1-2H3,(H,31,37)(H,32,39)(H,34,38)/t15-,16-,18-,22-,23-,24-/m0/s1. The molecule has 2 aliphatic heterocycles. The van der Waals surface area contributed by atoms with Crippen LogP contribution in [-0.2, 0) is 19.2 Å². The van der Waals surface area contributed by atoms with E-state index >= 15 is 0 Å². The van der Waals surface area contributed by atoms with Gasteiger partial charge in [-0.15, -0.1) is 0 Å². The summed E-state index contributed by atoms with van der Waals surface area (Å²) in [6.07, 6.45) is 3.02. The summed E-state index contributed by atoms with van der Waals surface area (Å²) < 4.78 is 14.2. The monoisotopic (exact) mass is 551 g/mol. The molecule has 0 bridgehead atoms. The molecule has 2 saturated carbocycles. The van der Waals surface area contributed by atoms with E-state index in [1.165, 1.54) is 12.1 Å². The number of aldehydes is 1. The molecule has 40 heavy (non-hydrogen) atoms. The van der Waals surface area contributed by atoms with E-state index in [-0.39, 0.29) is 53.0 Å². The minimum absolute atomic E-state index is 0.0465. The average Bonchev–Trinajstić information content (AvgIpc) is 3.58. The number of aromatic amines is 1. The number of piperidine rings is 1. The molecular weight excluding hydrogens is 517 g/mol. The van der Waals surface area contributed by atoms with Crippen molar-refractivity contribution in [3.05, 3.63) is 35.8 Å². The molecule has 2 aliphatic carbocycles. The number of nitrogens with zero attached hydrogens (tertiary/aromatic N) is 1. The first-order valence-corrected chi connectivity index (χ1v) is 14.0. The summed E-state index contributed by atoms with van der Waals surface area (Å²) in [7, 11) is 0. The van der Waals surface area contributed by atoms with E-state index in [0.717, 1.165) is 12.8 Å². The van der Waals surface area contributed by atoms with Crippen LogP contribution in [0.1, 0.15) is 50.0 Å². The molecule has 4 N–H and O–H groups in total. The maximum atomic E-state index is 14.2. The summed E-state index contributed by atoms with van der Waals surface area (Å²) in [5.41, 5.74) is 0.508. The molecule has 10 nitrogen and oxygen atoms in total. The van der Waals surface area contributed by atoms with Gasteiger partial charge < -0.3 is 30.6 Å². The number of rotatable bonds is 9. The number of carbonyl (C=O) groups excluding carboxylic acids is 5. The molecule has 4 amide bonds. The molecule has 2 saturated heterocycles. The average molecular weight is 552 g/mol. The fourth-order valence-corrected chi connectivity index (χ4v) is 6.86. The Morgan fingerprint density at radius 2 is 1.98 bits per heavy atom. The Morgan fingerprint density at radius 1 is 1.20 bits per heavy atom. The Labute approximate surface area is 230 Å². The third kappa shape index (κ3) is 4.54. The van der Waals surface area contributed by atoms with Crippen molar-refractivity contribution < 1.29 is 28.4 Å². The van der Waals surface area contributed by atoms with Crippen LogP contribution in [0.2, 0.25) is 0 Å². The zero-order valence-corrected chi connectivity index (χ0v) is 22.5. The number of benzene rings is 1. The van der Waals surface area contributed by atoms with Gasteiger partial charge in [0.1, 0.15) is 29.9 Å². The molecule has 1 aromatic heterocycles. The Morgan fingerprint density at radius 3 is 2.62 bits per heavy atom. The molecule has 3 heterocycles. The zero-order valence-electron chi connectivity index (χ0n) is 22.5. The summed E-state index contributed by atoms with van der Waals surface area (Å²) >= 11 is 0. The molecule has 0 unspecified atom stereocenters. The number of hydrogen-bond donors (Lipinski definition) is 4. The normalized spacial score (nSPS) is 28.0. The third-order valence-corrected chi connectivity index (χ3v) is 9.46. The maximum Gasteiger partial charge on any atom is 0.268 e. The molecular formula is C29H34FN5O5. The quantitative estimate of drug-likeness (QED) is 0.350. The Bertz CT molecular complexity index is 1400. The maximum absolute atomic E-state index is 14.2. The van der Waals surface area contributed by atoms with Gasteiger partial charge in [0, 0.05) is 29.9 Å². The lowest BCUT2D eigenvalue weighted by Crippen LogP contribution is -2.57. The van der Waals surface area contributed by atoms with Crippen molar-refractivity contribution in [3.63, 3.8) is 0 Å². The van der Waals surface area contributed by atoms with Crippen LogP contribution >= 0.6 is 0 Å². The van der Waals surface area contributed by atoms with E-state index in [2.05, 4.69) is 34.8 Å². The minimum atomic E-state index is -0.833. The lowest BCUT2D eigenvalue weighted by Gasteiger charge is -2.33. The number of amides is 4. The van der Waals surface area contributed by atoms with E-state index in [1.54, 1.807) is 17.0 Å². The number of aromatic nitrogens is 1. The van der Waals surface area contributed by atoms with E-state index in [4.69, 9.17) is 0 Å². The van der Waals surface area contributed by atoms with Gasteiger partial charge in [-0.2, -0.15) is 0 Å². The van der Waals surface area contributed by atoms with Crippen LogP contribution in [0.25, 0.3) is 10.9 Å².